The minimum atomic E-state index is -0.907. The third-order valence-corrected chi connectivity index (χ3v) is 6.25. The van der Waals surface area contributed by atoms with Gasteiger partial charge >= 0.3 is 6.03 Å². The Morgan fingerprint density at radius 1 is 1.15 bits per heavy atom. The largest absolute Gasteiger partial charge is 0.338 e. The van der Waals surface area contributed by atoms with Crippen LogP contribution in [0.1, 0.15) is 28.1 Å². The van der Waals surface area contributed by atoms with Crippen LogP contribution in [0.2, 0.25) is 5.02 Å². The minimum absolute atomic E-state index is 0.0188. The molecule has 140 valence electrons. The Balaban J connectivity index is 1.44. The van der Waals surface area contributed by atoms with Crippen molar-refractivity contribution in [2.75, 3.05) is 13.1 Å². The zero-order chi connectivity index (χ0) is 19.0. The Hall–Kier alpha value is -2.38. The van der Waals surface area contributed by atoms with E-state index in [1.54, 1.807) is 35.2 Å². The van der Waals surface area contributed by atoms with Crippen LogP contribution in [0.3, 0.4) is 0 Å². The number of carbonyl (C=O) groups is 3. The maximum atomic E-state index is 13.0. The molecule has 4 amide bonds. The fraction of sp³-hybridized carbons (Fsp3) is 0.316. The van der Waals surface area contributed by atoms with Gasteiger partial charge in [-0.25, -0.2) is 4.79 Å². The van der Waals surface area contributed by atoms with Gasteiger partial charge in [-0.05, 0) is 42.0 Å². The van der Waals surface area contributed by atoms with E-state index in [0.29, 0.717) is 35.8 Å². The Kier molecular flexibility index (Phi) is 4.65. The highest BCUT2D eigenvalue weighted by Gasteiger charge is 2.52. The van der Waals surface area contributed by atoms with Gasteiger partial charge in [0.05, 0.1) is 11.4 Å². The molecular weight excluding hydrogens is 386 g/mol. The van der Waals surface area contributed by atoms with Crippen molar-refractivity contribution in [2.24, 2.45) is 0 Å². The number of piperidine rings is 1. The molecule has 1 spiro atoms. The molecule has 0 saturated carbocycles. The fourth-order valence-corrected chi connectivity index (χ4v) is 4.40. The highest BCUT2D eigenvalue weighted by atomic mass is 35.5. The van der Waals surface area contributed by atoms with Crippen LogP contribution in [-0.4, -0.2) is 46.3 Å². The summed E-state index contributed by atoms with van der Waals surface area (Å²) >= 11 is 7.29. The van der Waals surface area contributed by atoms with E-state index in [1.165, 1.54) is 16.2 Å². The highest BCUT2D eigenvalue weighted by Crippen LogP contribution is 2.31. The predicted molar refractivity (Wildman–Crippen MR) is 103 cm³/mol. The van der Waals surface area contributed by atoms with Crippen molar-refractivity contribution in [2.45, 2.75) is 24.9 Å². The van der Waals surface area contributed by atoms with E-state index in [9.17, 15) is 14.4 Å². The third kappa shape index (κ3) is 3.33. The molecule has 0 radical (unpaired) electrons. The standard InChI is InChI=1S/C19H18ClN3O3S/c20-14-5-3-13(4-6-14)12-23-17(25)19(21-18(23)26)7-9-22(10-8-19)16(24)15-2-1-11-27-15/h1-6,11H,7-10,12H2,(H,21,26). The van der Waals surface area contributed by atoms with E-state index >= 15 is 0 Å². The molecule has 2 aliphatic rings. The molecular formula is C19H18ClN3O3S. The Bertz CT molecular complexity index is 874. The summed E-state index contributed by atoms with van der Waals surface area (Å²) in [6.45, 7) is 1.09. The molecule has 2 aromatic rings. The average molecular weight is 404 g/mol. The van der Waals surface area contributed by atoms with Gasteiger partial charge in [0.1, 0.15) is 5.54 Å². The Labute approximate surface area is 165 Å². The summed E-state index contributed by atoms with van der Waals surface area (Å²) in [6.07, 6.45) is 0.845. The van der Waals surface area contributed by atoms with E-state index in [0.717, 1.165) is 5.56 Å². The van der Waals surface area contributed by atoms with Crippen LogP contribution in [0.25, 0.3) is 0 Å². The molecule has 0 unspecified atom stereocenters. The first-order valence-corrected chi connectivity index (χ1v) is 9.96. The first kappa shape index (κ1) is 18.0. The molecule has 1 N–H and O–H groups in total. The number of hydrogen-bond acceptors (Lipinski definition) is 4. The summed E-state index contributed by atoms with van der Waals surface area (Å²) in [5.41, 5.74) is -0.0688. The van der Waals surface area contributed by atoms with Crippen LogP contribution in [0, 0.1) is 0 Å². The maximum Gasteiger partial charge on any atom is 0.325 e. The first-order valence-electron chi connectivity index (χ1n) is 8.70. The van der Waals surface area contributed by atoms with Crippen molar-refractivity contribution in [3.8, 4) is 0 Å². The van der Waals surface area contributed by atoms with Crippen molar-refractivity contribution in [3.05, 3.63) is 57.2 Å². The van der Waals surface area contributed by atoms with Crippen molar-refractivity contribution in [1.82, 2.24) is 15.1 Å². The summed E-state index contributed by atoms with van der Waals surface area (Å²) in [5, 5.41) is 5.35. The van der Waals surface area contributed by atoms with Crippen LogP contribution in [0.4, 0.5) is 4.79 Å². The number of nitrogens with zero attached hydrogens (tertiary/aromatic N) is 2. The van der Waals surface area contributed by atoms with Gasteiger partial charge < -0.3 is 10.2 Å². The second-order valence-corrected chi connectivity index (χ2v) is 8.18. The van der Waals surface area contributed by atoms with Gasteiger partial charge in [-0.2, -0.15) is 0 Å². The van der Waals surface area contributed by atoms with E-state index in [2.05, 4.69) is 5.32 Å². The van der Waals surface area contributed by atoms with Crippen LogP contribution in [-0.2, 0) is 11.3 Å². The number of amides is 4. The molecule has 1 aromatic heterocycles. The smallest absolute Gasteiger partial charge is 0.325 e. The lowest BCUT2D eigenvalue weighted by molar-refractivity contribution is -0.133. The molecule has 8 heteroatoms. The van der Waals surface area contributed by atoms with Crippen LogP contribution in [0.5, 0.6) is 0 Å². The number of benzene rings is 1. The highest BCUT2D eigenvalue weighted by molar-refractivity contribution is 7.12. The predicted octanol–water partition coefficient (Wildman–Crippen LogP) is 3.13. The van der Waals surface area contributed by atoms with Crippen LogP contribution >= 0.6 is 22.9 Å². The molecule has 27 heavy (non-hydrogen) atoms. The molecule has 0 bridgehead atoms. The van der Waals surface area contributed by atoms with Gasteiger partial charge in [0.25, 0.3) is 11.8 Å². The zero-order valence-corrected chi connectivity index (χ0v) is 16.1. The number of halogens is 1. The number of imide groups is 1. The van der Waals surface area contributed by atoms with Crippen molar-refractivity contribution in [1.29, 1.82) is 0 Å². The molecule has 0 atom stereocenters. The second-order valence-electron chi connectivity index (χ2n) is 6.80. The summed E-state index contributed by atoms with van der Waals surface area (Å²) in [7, 11) is 0. The molecule has 2 saturated heterocycles. The summed E-state index contributed by atoms with van der Waals surface area (Å²) in [6, 6.07) is 10.3. The van der Waals surface area contributed by atoms with E-state index in [4.69, 9.17) is 11.6 Å². The summed E-state index contributed by atoms with van der Waals surface area (Å²) in [4.78, 5) is 41.6. The van der Waals surface area contributed by atoms with E-state index < -0.39 is 5.54 Å². The monoisotopic (exact) mass is 403 g/mol. The zero-order valence-electron chi connectivity index (χ0n) is 14.5. The number of rotatable bonds is 3. The summed E-state index contributed by atoms with van der Waals surface area (Å²) < 4.78 is 0. The lowest BCUT2D eigenvalue weighted by Gasteiger charge is -2.37. The van der Waals surface area contributed by atoms with Gasteiger partial charge in [-0.15, -0.1) is 11.3 Å². The van der Waals surface area contributed by atoms with Crippen molar-refractivity contribution < 1.29 is 14.4 Å². The number of nitrogens with one attached hydrogen (secondary N) is 1. The quantitative estimate of drug-likeness (QED) is 0.800. The van der Waals surface area contributed by atoms with Crippen molar-refractivity contribution in [3.63, 3.8) is 0 Å². The number of likely N-dealkylation sites (tertiary alicyclic amines) is 1. The molecule has 2 aliphatic heterocycles. The third-order valence-electron chi connectivity index (χ3n) is 5.14. The van der Waals surface area contributed by atoms with Crippen molar-refractivity contribution >= 4 is 40.8 Å². The van der Waals surface area contributed by atoms with E-state index in [-0.39, 0.29) is 24.4 Å². The summed E-state index contributed by atoms with van der Waals surface area (Å²) in [5.74, 6) is -0.236. The molecule has 6 nitrogen and oxygen atoms in total. The number of carbonyl (C=O) groups excluding carboxylic acids is 3. The number of thiophene rings is 1. The van der Waals surface area contributed by atoms with Gasteiger partial charge in [0.2, 0.25) is 0 Å². The normalized spacial score (nSPS) is 18.9. The van der Waals surface area contributed by atoms with Gasteiger partial charge in [-0.3, -0.25) is 14.5 Å². The molecule has 4 rings (SSSR count). The van der Waals surface area contributed by atoms with Crippen LogP contribution < -0.4 is 5.32 Å². The lowest BCUT2D eigenvalue weighted by Crippen LogP contribution is -2.55. The topological polar surface area (TPSA) is 69.7 Å². The first-order chi connectivity index (χ1) is 13.0. The molecule has 3 heterocycles. The Morgan fingerprint density at radius 3 is 2.48 bits per heavy atom. The van der Waals surface area contributed by atoms with Gasteiger partial charge in [0.15, 0.2) is 0 Å². The molecule has 2 fully saturated rings. The average Bonchev–Trinajstić information content (AvgIpc) is 3.28. The molecule has 0 aliphatic carbocycles. The Morgan fingerprint density at radius 2 is 1.85 bits per heavy atom. The maximum absolute atomic E-state index is 13.0. The molecule has 1 aromatic carbocycles. The lowest BCUT2D eigenvalue weighted by atomic mass is 9.87. The number of hydrogen-bond donors (Lipinski definition) is 1. The van der Waals surface area contributed by atoms with Gasteiger partial charge in [-0.1, -0.05) is 29.8 Å². The second kappa shape index (κ2) is 6.98. The van der Waals surface area contributed by atoms with E-state index in [1.807, 2.05) is 11.4 Å². The van der Waals surface area contributed by atoms with Gasteiger partial charge in [0, 0.05) is 18.1 Å². The van der Waals surface area contributed by atoms with Crippen LogP contribution in [0.15, 0.2) is 41.8 Å². The minimum Gasteiger partial charge on any atom is -0.338 e. The number of urea groups is 1. The fourth-order valence-electron chi connectivity index (χ4n) is 3.58. The SMILES string of the molecule is O=C(c1cccs1)N1CCC2(CC1)NC(=O)N(Cc1ccc(Cl)cc1)C2=O.